The Balaban J connectivity index is 1.50. The minimum Gasteiger partial charge on any atom is -0.472 e. The topological polar surface area (TPSA) is 107 Å². The van der Waals surface area contributed by atoms with Crippen LogP contribution >= 0.6 is 11.6 Å². The molecule has 0 spiro atoms. The Hall–Kier alpha value is -2.98. The lowest BCUT2D eigenvalue weighted by molar-refractivity contribution is 0.137. The summed E-state index contributed by atoms with van der Waals surface area (Å²) in [6.45, 7) is 2.60. The first-order valence-corrected chi connectivity index (χ1v) is 10.3. The average molecular weight is 443 g/mol. The van der Waals surface area contributed by atoms with Gasteiger partial charge >= 0.3 is 0 Å². The van der Waals surface area contributed by atoms with Gasteiger partial charge in [0.15, 0.2) is 0 Å². The molecule has 2 aromatic heterocycles. The molecular weight excluding hydrogens is 423 g/mol. The van der Waals surface area contributed by atoms with Gasteiger partial charge < -0.3 is 14.8 Å². The molecule has 10 heteroatoms. The molecule has 160 valence electrons. The molecule has 4 heterocycles. The van der Waals surface area contributed by atoms with Gasteiger partial charge in [-0.15, -0.1) is 0 Å². The Labute approximate surface area is 184 Å². The van der Waals surface area contributed by atoms with Crippen LogP contribution in [0.2, 0.25) is 5.15 Å². The summed E-state index contributed by atoms with van der Waals surface area (Å²) in [5.41, 5.74) is 2.38. The molecular formula is C21H20ClFN6O2. The van der Waals surface area contributed by atoms with E-state index in [4.69, 9.17) is 26.3 Å². The lowest BCUT2D eigenvalue weighted by Gasteiger charge is -2.30. The summed E-state index contributed by atoms with van der Waals surface area (Å²) < 4.78 is 25.5. The van der Waals surface area contributed by atoms with Crippen molar-refractivity contribution in [3.05, 3.63) is 45.5 Å². The molecule has 1 atom stereocenters. The van der Waals surface area contributed by atoms with Crippen molar-refractivity contribution in [2.75, 3.05) is 31.6 Å². The minimum atomic E-state index is -0.577. The van der Waals surface area contributed by atoms with Crippen molar-refractivity contribution in [3.8, 4) is 18.0 Å². The second-order valence-corrected chi connectivity index (χ2v) is 7.73. The number of rotatable bonds is 6. The zero-order chi connectivity index (χ0) is 21.8. The summed E-state index contributed by atoms with van der Waals surface area (Å²) in [7, 11) is 0. The molecule has 1 N–H and O–H groups in total. The number of aromatic nitrogens is 2. The van der Waals surface area contributed by atoms with Crippen molar-refractivity contribution in [2.24, 2.45) is 0 Å². The molecule has 0 radical (unpaired) electrons. The maximum absolute atomic E-state index is 14.6. The van der Waals surface area contributed by atoms with Crippen LogP contribution in [0.4, 0.5) is 10.2 Å². The predicted molar refractivity (Wildman–Crippen MR) is 110 cm³/mol. The fourth-order valence-corrected chi connectivity index (χ4v) is 4.06. The largest absolute Gasteiger partial charge is 0.472 e. The van der Waals surface area contributed by atoms with Gasteiger partial charge in [-0.3, -0.25) is 4.90 Å². The van der Waals surface area contributed by atoms with Gasteiger partial charge in [-0.05, 0) is 18.1 Å². The van der Waals surface area contributed by atoms with Crippen molar-refractivity contribution in [1.29, 1.82) is 10.5 Å². The quantitative estimate of drug-likeness (QED) is 0.537. The summed E-state index contributed by atoms with van der Waals surface area (Å²) >= 11 is 6.20. The van der Waals surface area contributed by atoms with Gasteiger partial charge in [-0.1, -0.05) is 11.6 Å². The number of nitrogens with one attached hydrogen (secondary N) is 1. The Morgan fingerprint density at radius 2 is 2.19 bits per heavy atom. The normalized spacial score (nSPS) is 18.1. The van der Waals surface area contributed by atoms with Gasteiger partial charge in [0.2, 0.25) is 11.8 Å². The number of nitriles is 2. The van der Waals surface area contributed by atoms with Crippen molar-refractivity contribution >= 4 is 17.4 Å². The second kappa shape index (κ2) is 9.44. The lowest BCUT2D eigenvalue weighted by Crippen LogP contribution is -2.32. The zero-order valence-corrected chi connectivity index (χ0v) is 17.5. The first kappa shape index (κ1) is 21.3. The van der Waals surface area contributed by atoms with E-state index in [0.717, 1.165) is 17.5 Å². The Bertz CT molecular complexity index is 1060. The van der Waals surface area contributed by atoms with Gasteiger partial charge in [0.25, 0.3) is 0 Å². The highest BCUT2D eigenvalue weighted by Gasteiger charge is 2.26. The summed E-state index contributed by atoms with van der Waals surface area (Å²) in [5.74, 6) is 0.191. The molecule has 1 saturated heterocycles. The molecule has 1 fully saturated rings. The van der Waals surface area contributed by atoms with Crippen LogP contribution in [0.25, 0.3) is 0 Å². The Kier molecular flexibility index (Phi) is 6.47. The standard InChI is InChI=1S/C21H20ClFN6O2/c22-19-16(9-25)17-11-29(7-3-15(17)21(28-19)26-6-5-24)10-13-1-2-18(27-20(13)23)31-14-4-8-30-12-14/h1-2,14H,3-4,6-8,10-12H2,(H,26,28). The molecule has 0 bridgehead atoms. The highest BCUT2D eigenvalue weighted by atomic mass is 35.5. The smallest absolute Gasteiger partial charge is 0.220 e. The number of nitrogens with zero attached hydrogens (tertiary/aromatic N) is 5. The third-order valence-electron chi connectivity index (χ3n) is 5.34. The van der Waals surface area contributed by atoms with E-state index in [1.54, 1.807) is 12.1 Å². The van der Waals surface area contributed by atoms with E-state index in [-0.39, 0.29) is 23.7 Å². The van der Waals surface area contributed by atoms with Crippen molar-refractivity contribution in [1.82, 2.24) is 14.9 Å². The zero-order valence-electron chi connectivity index (χ0n) is 16.7. The lowest BCUT2D eigenvalue weighted by atomic mass is 9.96. The molecule has 1 unspecified atom stereocenters. The minimum absolute atomic E-state index is 0.0870. The number of hydrogen-bond acceptors (Lipinski definition) is 8. The van der Waals surface area contributed by atoms with Gasteiger partial charge in [-0.2, -0.15) is 19.9 Å². The van der Waals surface area contributed by atoms with Gasteiger partial charge in [0.05, 0.1) is 24.8 Å². The van der Waals surface area contributed by atoms with E-state index in [0.29, 0.717) is 56.2 Å². The Morgan fingerprint density at radius 1 is 1.32 bits per heavy atom. The van der Waals surface area contributed by atoms with Crippen molar-refractivity contribution in [3.63, 3.8) is 0 Å². The molecule has 2 aromatic rings. The summed E-state index contributed by atoms with van der Waals surface area (Å²) in [5, 5.41) is 21.4. The van der Waals surface area contributed by atoms with Crippen LogP contribution in [-0.2, 0) is 24.2 Å². The van der Waals surface area contributed by atoms with E-state index in [2.05, 4.69) is 21.4 Å². The summed E-state index contributed by atoms with van der Waals surface area (Å²) in [6.07, 6.45) is 1.27. The van der Waals surface area contributed by atoms with Crippen LogP contribution in [0.5, 0.6) is 5.88 Å². The number of halogens is 2. The van der Waals surface area contributed by atoms with Crippen LogP contribution in [0, 0.1) is 28.6 Å². The van der Waals surface area contributed by atoms with Crippen molar-refractivity contribution < 1.29 is 13.9 Å². The van der Waals surface area contributed by atoms with Crippen LogP contribution in [0.3, 0.4) is 0 Å². The number of ether oxygens (including phenoxy) is 2. The van der Waals surface area contributed by atoms with E-state index in [1.165, 1.54) is 0 Å². The van der Waals surface area contributed by atoms with Gasteiger partial charge in [-0.25, -0.2) is 4.98 Å². The van der Waals surface area contributed by atoms with E-state index >= 15 is 0 Å². The van der Waals surface area contributed by atoms with E-state index < -0.39 is 5.95 Å². The molecule has 2 aliphatic heterocycles. The second-order valence-electron chi connectivity index (χ2n) is 7.37. The third kappa shape index (κ3) is 4.70. The monoisotopic (exact) mass is 442 g/mol. The molecule has 4 rings (SSSR count). The molecule has 31 heavy (non-hydrogen) atoms. The highest BCUT2D eigenvalue weighted by Crippen LogP contribution is 2.32. The number of anilines is 1. The maximum Gasteiger partial charge on any atom is 0.220 e. The molecule has 0 amide bonds. The summed E-state index contributed by atoms with van der Waals surface area (Å²) in [6, 6.07) is 7.47. The number of fused-ring (bicyclic) bond motifs is 1. The maximum atomic E-state index is 14.6. The Morgan fingerprint density at radius 3 is 2.90 bits per heavy atom. The molecule has 8 nitrogen and oxygen atoms in total. The average Bonchev–Trinajstić information content (AvgIpc) is 3.27. The van der Waals surface area contributed by atoms with Crippen LogP contribution in [0.1, 0.15) is 28.7 Å². The third-order valence-corrected chi connectivity index (χ3v) is 5.62. The fourth-order valence-electron chi connectivity index (χ4n) is 3.82. The van der Waals surface area contributed by atoms with E-state index in [1.807, 2.05) is 11.0 Å². The van der Waals surface area contributed by atoms with Crippen LogP contribution in [-0.4, -0.2) is 47.3 Å². The van der Waals surface area contributed by atoms with Gasteiger partial charge in [0, 0.05) is 43.2 Å². The first-order chi connectivity index (χ1) is 15.1. The van der Waals surface area contributed by atoms with Gasteiger partial charge in [0.1, 0.15) is 29.7 Å². The number of hydrogen-bond donors (Lipinski definition) is 1. The molecule has 2 aliphatic rings. The first-order valence-electron chi connectivity index (χ1n) is 9.93. The van der Waals surface area contributed by atoms with Crippen LogP contribution < -0.4 is 10.1 Å². The highest BCUT2D eigenvalue weighted by molar-refractivity contribution is 6.30. The predicted octanol–water partition coefficient (Wildman–Crippen LogP) is 2.80. The molecule has 0 saturated carbocycles. The van der Waals surface area contributed by atoms with E-state index in [9.17, 15) is 9.65 Å². The molecule has 0 aliphatic carbocycles. The summed E-state index contributed by atoms with van der Waals surface area (Å²) in [4.78, 5) is 10.2. The van der Waals surface area contributed by atoms with Crippen LogP contribution in [0.15, 0.2) is 12.1 Å². The van der Waals surface area contributed by atoms with Crippen molar-refractivity contribution in [2.45, 2.75) is 32.0 Å². The fraction of sp³-hybridized carbons (Fsp3) is 0.429. The SMILES string of the molecule is N#CCNc1nc(Cl)c(C#N)c2c1CCN(Cc1ccc(OC3CCOC3)nc1F)C2. The molecule has 0 aromatic carbocycles. The number of pyridine rings is 2.